The van der Waals surface area contributed by atoms with E-state index in [1.807, 2.05) is 12.1 Å². The van der Waals surface area contributed by atoms with Crippen molar-refractivity contribution in [3.8, 4) is 0 Å². The Balaban J connectivity index is 1.92. The molecular weight excluding hydrogens is 244 g/mol. The lowest BCUT2D eigenvalue weighted by molar-refractivity contribution is 0.217. The topological polar surface area (TPSA) is 8.17 Å². The minimum Gasteiger partial charge on any atom is -0.345 e. The Kier molecular flexibility index (Phi) is 3.31. The number of rotatable bonds is 2. The molecule has 0 unspecified atom stereocenters. The highest BCUT2D eigenvalue weighted by atomic mass is 35.5. The van der Waals surface area contributed by atoms with E-state index in [-0.39, 0.29) is 0 Å². The second kappa shape index (κ2) is 4.94. The number of para-hydroxylation sites is 1. The fraction of sp³-hybridized carbons (Fsp3) is 0.467. The van der Waals surface area contributed by atoms with Crippen LogP contribution in [-0.4, -0.2) is 22.6 Å². The summed E-state index contributed by atoms with van der Waals surface area (Å²) in [6.07, 6.45) is 4.06. The average molecular weight is 263 g/mol. The lowest BCUT2D eigenvalue weighted by Crippen LogP contribution is -2.29. The average Bonchev–Trinajstić information content (AvgIpc) is 2.69. The van der Waals surface area contributed by atoms with Gasteiger partial charge < -0.3 is 4.57 Å². The number of benzene rings is 1. The molecular formula is C15H19ClN2. The SMILES string of the molecule is Cn1c(CN2CCCCC2)cc2cccc(Cl)c21. The van der Waals surface area contributed by atoms with Crippen LogP contribution in [0.4, 0.5) is 0 Å². The first-order chi connectivity index (χ1) is 8.75. The maximum atomic E-state index is 6.28. The number of likely N-dealkylation sites (tertiary alicyclic amines) is 1. The molecule has 96 valence electrons. The predicted octanol–water partition coefficient (Wildman–Crippen LogP) is 3.82. The Morgan fingerprint density at radius 2 is 1.94 bits per heavy atom. The van der Waals surface area contributed by atoms with Gasteiger partial charge in [0.2, 0.25) is 0 Å². The molecule has 3 rings (SSSR count). The minimum atomic E-state index is 0.847. The van der Waals surface area contributed by atoms with Crippen molar-refractivity contribution in [2.45, 2.75) is 25.8 Å². The fourth-order valence-corrected chi connectivity index (χ4v) is 3.23. The minimum absolute atomic E-state index is 0.847. The van der Waals surface area contributed by atoms with E-state index < -0.39 is 0 Å². The molecule has 2 aromatic rings. The summed E-state index contributed by atoms with van der Waals surface area (Å²) in [5.74, 6) is 0. The lowest BCUT2D eigenvalue weighted by Gasteiger charge is -2.26. The summed E-state index contributed by atoms with van der Waals surface area (Å²) in [6.45, 7) is 3.51. The van der Waals surface area contributed by atoms with Gasteiger partial charge in [-0.05, 0) is 38.1 Å². The van der Waals surface area contributed by atoms with Crippen molar-refractivity contribution in [3.63, 3.8) is 0 Å². The van der Waals surface area contributed by atoms with Crippen LogP contribution >= 0.6 is 11.6 Å². The molecule has 1 fully saturated rings. The van der Waals surface area contributed by atoms with Crippen molar-refractivity contribution in [2.75, 3.05) is 13.1 Å². The second-order valence-electron chi connectivity index (χ2n) is 5.21. The summed E-state index contributed by atoms with van der Waals surface area (Å²) in [7, 11) is 2.12. The quantitative estimate of drug-likeness (QED) is 0.799. The molecule has 0 amide bonds. The largest absolute Gasteiger partial charge is 0.345 e. The first-order valence-electron chi connectivity index (χ1n) is 6.71. The van der Waals surface area contributed by atoms with Gasteiger partial charge in [0.1, 0.15) is 0 Å². The summed E-state index contributed by atoms with van der Waals surface area (Å²) in [6, 6.07) is 8.40. The highest BCUT2D eigenvalue weighted by molar-refractivity contribution is 6.35. The number of nitrogens with zero attached hydrogens (tertiary/aromatic N) is 2. The van der Waals surface area contributed by atoms with Crippen LogP contribution in [0.5, 0.6) is 0 Å². The summed E-state index contributed by atoms with van der Waals surface area (Å²) in [5.41, 5.74) is 2.52. The molecule has 1 aromatic carbocycles. The normalized spacial score (nSPS) is 17.4. The molecule has 0 N–H and O–H groups in total. The van der Waals surface area contributed by atoms with Gasteiger partial charge in [-0.15, -0.1) is 0 Å². The summed E-state index contributed by atoms with van der Waals surface area (Å²) < 4.78 is 2.24. The van der Waals surface area contributed by atoms with Gasteiger partial charge in [-0.25, -0.2) is 0 Å². The van der Waals surface area contributed by atoms with Gasteiger partial charge in [0.25, 0.3) is 0 Å². The Labute approximate surface area is 113 Å². The summed E-state index contributed by atoms with van der Waals surface area (Å²) in [4.78, 5) is 2.55. The summed E-state index contributed by atoms with van der Waals surface area (Å²) >= 11 is 6.28. The molecule has 1 aliphatic rings. The number of hydrogen-bond acceptors (Lipinski definition) is 1. The standard InChI is InChI=1S/C15H19ClN2/c1-17-13(11-18-8-3-2-4-9-18)10-12-6-5-7-14(16)15(12)17/h5-7,10H,2-4,8-9,11H2,1H3. The molecule has 0 spiro atoms. The van der Waals surface area contributed by atoms with Crippen molar-refractivity contribution in [1.82, 2.24) is 9.47 Å². The van der Waals surface area contributed by atoms with Gasteiger partial charge in [-0.1, -0.05) is 30.2 Å². The number of fused-ring (bicyclic) bond motifs is 1. The van der Waals surface area contributed by atoms with E-state index in [2.05, 4.69) is 28.6 Å². The molecule has 1 aliphatic heterocycles. The number of aryl methyl sites for hydroxylation is 1. The molecule has 0 saturated carbocycles. The van der Waals surface area contributed by atoms with E-state index in [0.29, 0.717) is 0 Å². The zero-order valence-electron chi connectivity index (χ0n) is 10.8. The maximum absolute atomic E-state index is 6.28. The van der Waals surface area contributed by atoms with Gasteiger partial charge >= 0.3 is 0 Å². The van der Waals surface area contributed by atoms with Crippen LogP contribution in [0.2, 0.25) is 5.02 Å². The van der Waals surface area contributed by atoms with Gasteiger partial charge in [0, 0.05) is 24.7 Å². The molecule has 3 heteroatoms. The zero-order chi connectivity index (χ0) is 12.5. The Morgan fingerprint density at radius 3 is 2.67 bits per heavy atom. The third kappa shape index (κ3) is 2.15. The first kappa shape index (κ1) is 12.1. The molecule has 2 heterocycles. The monoisotopic (exact) mass is 262 g/mol. The first-order valence-corrected chi connectivity index (χ1v) is 7.08. The van der Waals surface area contributed by atoms with Gasteiger partial charge in [0.15, 0.2) is 0 Å². The van der Waals surface area contributed by atoms with Crippen molar-refractivity contribution in [3.05, 3.63) is 35.0 Å². The van der Waals surface area contributed by atoms with Crippen LogP contribution in [0.3, 0.4) is 0 Å². The molecule has 1 aromatic heterocycles. The molecule has 0 atom stereocenters. The van der Waals surface area contributed by atoms with Crippen LogP contribution in [0.1, 0.15) is 25.0 Å². The Bertz CT molecular complexity index is 553. The number of aromatic nitrogens is 1. The molecule has 2 nitrogen and oxygen atoms in total. The van der Waals surface area contributed by atoms with Gasteiger partial charge in [0.05, 0.1) is 10.5 Å². The zero-order valence-corrected chi connectivity index (χ0v) is 11.6. The van der Waals surface area contributed by atoms with E-state index in [4.69, 9.17) is 11.6 Å². The van der Waals surface area contributed by atoms with Crippen molar-refractivity contribution < 1.29 is 0 Å². The van der Waals surface area contributed by atoms with Gasteiger partial charge in [-0.3, -0.25) is 4.90 Å². The number of hydrogen-bond donors (Lipinski definition) is 0. The number of halogens is 1. The van der Waals surface area contributed by atoms with Crippen molar-refractivity contribution in [1.29, 1.82) is 0 Å². The molecule has 18 heavy (non-hydrogen) atoms. The van der Waals surface area contributed by atoms with Gasteiger partial charge in [-0.2, -0.15) is 0 Å². The molecule has 1 saturated heterocycles. The highest BCUT2D eigenvalue weighted by Gasteiger charge is 2.14. The van der Waals surface area contributed by atoms with E-state index in [1.165, 1.54) is 43.4 Å². The third-order valence-corrected chi connectivity index (χ3v) is 4.25. The molecule has 0 bridgehead atoms. The van der Waals surface area contributed by atoms with Crippen LogP contribution in [0.15, 0.2) is 24.3 Å². The molecule has 0 radical (unpaired) electrons. The Hall–Kier alpha value is -0.990. The Morgan fingerprint density at radius 1 is 1.17 bits per heavy atom. The smallest absolute Gasteiger partial charge is 0.0669 e. The third-order valence-electron chi connectivity index (χ3n) is 3.94. The van der Waals surface area contributed by atoms with Crippen LogP contribution in [0.25, 0.3) is 10.9 Å². The highest BCUT2D eigenvalue weighted by Crippen LogP contribution is 2.27. The van der Waals surface area contributed by atoms with E-state index in [1.54, 1.807) is 0 Å². The summed E-state index contributed by atoms with van der Waals surface area (Å²) in [5, 5.41) is 2.09. The van der Waals surface area contributed by atoms with Crippen molar-refractivity contribution in [2.24, 2.45) is 7.05 Å². The second-order valence-corrected chi connectivity index (χ2v) is 5.62. The predicted molar refractivity (Wildman–Crippen MR) is 77.1 cm³/mol. The maximum Gasteiger partial charge on any atom is 0.0669 e. The van der Waals surface area contributed by atoms with E-state index in [9.17, 15) is 0 Å². The van der Waals surface area contributed by atoms with Crippen LogP contribution in [0, 0.1) is 0 Å². The van der Waals surface area contributed by atoms with E-state index >= 15 is 0 Å². The lowest BCUT2D eigenvalue weighted by atomic mass is 10.1. The van der Waals surface area contributed by atoms with E-state index in [0.717, 1.165) is 17.1 Å². The van der Waals surface area contributed by atoms with Crippen LogP contribution < -0.4 is 0 Å². The fourth-order valence-electron chi connectivity index (χ4n) is 2.92. The van der Waals surface area contributed by atoms with Crippen LogP contribution in [-0.2, 0) is 13.6 Å². The molecule has 0 aliphatic carbocycles. The van der Waals surface area contributed by atoms with Crippen molar-refractivity contribution >= 4 is 22.5 Å². The number of piperidine rings is 1.